The van der Waals surface area contributed by atoms with Gasteiger partial charge < -0.3 is 14.8 Å². The minimum Gasteiger partial charge on any atom is -0.497 e. The first-order chi connectivity index (χ1) is 15.2. The second-order valence-corrected chi connectivity index (χ2v) is 7.46. The Balaban J connectivity index is 1.92. The van der Waals surface area contributed by atoms with Crippen LogP contribution in [0.15, 0.2) is 46.1 Å². The maximum Gasteiger partial charge on any atom is 0.329 e. The monoisotopic (exact) mass is 440 g/mol. The Morgan fingerprint density at radius 1 is 1.19 bits per heavy atom. The van der Waals surface area contributed by atoms with Gasteiger partial charge in [-0.25, -0.2) is 9.78 Å². The lowest BCUT2D eigenvalue weighted by molar-refractivity contribution is -0.147. The van der Waals surface area contributed by atoms with Crippen LogP contribution in [-0.4, -0.2) is 39.6 Å². The number of fused-ring (bicyclic) bond motifs is 1. The van der Waals surface area contributed by atoms with Crippen molar-refractivity contribution in [3.63, 3.8) is 0 Å². The van der Waals surface area contributed by atoms with Gasteiger partial charge in [-0.1, -0.05) is 12.1 Å². The molecule has 2 N–H and O–H groups in total. The fraction of sp³-hybridized carbons (Fsp3) is 0.318. The summed E-state index contributed by atoms with van der Waals surface area (Å²) in [6.07, 6.45) is 0.887. The number of nitrogens with one attached hydrogen (secondary N) is 2. The Hall–Kier alpha value is -3.95. The van der Waals surface area contributed by atoms with Crippen LogP contribution in [-0.2, 0) is 16.6 Å². The first kappa shape index (κ1) is 22.7. The van der Waals surface area contributed by atoms with Gasteiger partial charge in [-0.3, -0.25) is 23.9 Å². The molecule has 2 aromatic heterocycles. The van der Waals surface area contributed by atoms with Crippen molar-refractivity contribution in [1.82, 2.24) is 19.9 Å². The third-order valence-electron chi connectivity index (χ3n) is 4.78. The Bertz CT molecular complexity index is 1260. The van der Waals surface area contributed by atoms with Gasteiger partial charge in [0.2, 0.25) is 0 Å². The van der Waals surface area contributed by atoms with Crippen molar-refractivity contribution < 1.29 is 19.1 Å². The van der Waals surface area contributed by atoms with Gasteiger partial charge in [-0.15, -0.1) is 0 Å². The van der Waals surface area contributed by atoms with Crippen LogP contribution < -0.4 is 21.3 Å². The SMILES string of the molecule is COc1ccc(C(CC(=O)OC(C)C)NC(=O)c2cnc3c(c2)c(=O)[nH]c(=O)n3C)cc1. The summed E-state index contributed by atoms with van der Waals surface area (Å²) in [6.45, 7) is 3.48. The van der Waals surface area contributed by atoms with Gasteiger partial charge in [0.1, 0.15) is 11.4 Å². The summed E-state index contributed by atoms with van der Waals surface area (Å²) in [4.78, 5) is 55.4. The first-order valence-corrected chi connectivity index (χ1v) is 9.93. The maximum absolute atomic E-state index is 13.0. The number of aryl methyl sites for hydroxylation is 1. The van der Waals surface area contributed by atoms with E-state index in [1.54, 1.807) is 45.2 Å². The predicted octanol–water partition coefficient (Wildman–Crippen LogP) is 1.44. The highest BCUT2D eigenvalue weighted by Crippen LogP contribution is 2.22. The van der Waals surface area contributed by atoms with Gasteiger partial charge in [-0.05, 0) is 37.6 Å². The Labute approximate surface area is 183 Å². The van der Waals surface area contributed by atoms with Crippen LogP contribution in [0.2, 0.25) is 0 Å². The molecule has 0 bridgehead atoms. The standard InChI is InChI=1S/C22H24N4O6/c1-12(2)32-18(27)10-17(13-5-7-15(31-4)8-6-13)24-20(28)14-9-16-19(23-11-14)26(3)22(30)25-21(16)29/h5-9,11-12,17H,10H2,1-4H3,(H,24,28)(H,25,29,30). The van der Waals surface area contributed by atoms with Crippen molar-refractivity contribution >= 4 is 22.9 Å². The Morgan fingerprint density at radius 2 is 1.88 bits per heavy atom. The molecule has 32 heavy (non-hydrogen) atoms. The first-order valence-electron chi connectivity index (χ1n) is 9.93. The lowest BCUT2D eigenvalue weighted by atomic mass is 10.0. The zero-order valence-electron chi connectivity index (χ0n) is 18.2. The molecular formula is C22H24N4O6. The second-order valence-electron chi connectivity index (χ2n) is 7.46. The number of aromatic amines is 1. The number of esters is 1. The molecule has 0 aliphatic rings. The summed E-state index contributed by atoms with van der Waals surface area (Å²) in [7, 11) is 3.01. The van der Waals surface area contributed by atoms with Crippen molar-refractivity contribution in [3.8, 4) is 5.75 Å². The molecular weight excluding hydrogens is 416 g/mol. The van der Waals surface area contributed by atoms with Gasteiger partial charge in [0.15, 0.2) is 0 Å². The van der Waals surface area contributed by atoms with Crippen molar-refractivity contribution in [2.45, 2.75) is 32.4 Å². The van der Waals surface area contributed by atoms with E-state index in [9.17, 15) is 19.2 Å². The fourth-order valence-electron chi connectivity index (χ4n) is 3.17. The number of aromatic nitrogens is 3. The zero-order chi connectivity index (χ0) is 23.4. The highest BCUT2D eigenvalue weighted by Gasteiger charge is 2.22. The molecule has 0 radical (unpaired) electrons. The molecule has 1 atom stereocenters. The molecule has 0 saturated heterocycles. The minimum absolute atomic E-state index is 0.0909. The molecule has 0 aliphatic carbocycles. The molecule has 10 nitrogen and oxygen atoms in total. The summed E-state index contributed by atoms with van der Waals surface area (Å²) >= 11 is 0. The number of carbonyl (C=O) groups is 2. The zero-order valence-corrected chi connectivity index (χ0v) is 18.2. The van der Waals surface area contributed by atoms with Crippen molar-refractivity contribution in [3.05, 3.63) is 68.5 Å². The van der Waals surface area contributed by atoms with E-state index in [0.29, 0.717) is 11.3 Å². The van der Waals surface area contributed by atoms with E-state index in [2.05, 4.69) is 15.3 Å². The number of benzene rings is 1. The molecule has 10 heteroatoms. The van der Waals surface area contributed by atoms with E-state index in [4.69, 9.17) is 9.47 Å². The number of pyridine rings is 1. The van der Waals surface area contributed by atoms with Gasteiger partial charge >= 0.3 is 11.7 Å². The third-order valence-corrected chi connectivity index (χ3v) is 4.78. The van der Waals surface area contributed by atoms with E-state index in [-0.39, 0.29) is 29.1 Å². The third kappa shape index (κ3) is 5.02. The predicted molar refractivity (Wildman–Crippen MR) is 117 cm³/mol. The average molecular weight is 440 g/mol. The van der Waals surface area contributed by atoms with Gasteiger partial charge in [0.05, 0.1) is 36.6 Å². The summed E-state index contributed by atoms with van der Waals surface area (Å²) in [5.41, 5.74) is -0.304. The summed E-state index contributed by atoms with van der Waals surface area (Å²) in [5, 5.41) is 2.90. The van der Waals surface area contributed by atoms with Crippen LogP contribution in [0.3, 0.4) is 0 Å². The van der Waals surface area contributed by atoms with E-state index in [1.807, 2.05) is 0 Å². The molecule has 0 fully saturated rings. The molecule has 1 amide bonds. The Morgan fingerprint density at radius 3 is 2.50 bits per heavy atom. The average Bonchev–Trinajstić information content (AvgIpc) is 2.76. The summed E-state index contributed by atoms with van der Waals surface area (Å²) < 4.78 is 11.6. The summed E-state index contributed by atoms with van der Waals surface area (Å²) in [6, 6.07) is 7.60. The van der Waals surface area contributed by atoms with Crippen LogP contribution in [0.25, 0.3) is 11.0 Å². The second kappa shape index (κ2) is 9.46. The number of nitrogens with zero attached hydrogens (tertiary/aromatic N) is 2. The van der Waals surface area contributed by atoms with E-state index < -0.39 is 29.2 Å². The number of ether oxygens (including phenoxy) is 2. The smallest absolute Gasteiger partial charge is 0.329 e. The van der Waals surface area contributed by atoms with Crippen molar-refractivity contribution in [2.75, 3.05) is 7.11 Å². The molecule has 3 aromatic rings. The molecule has 1 unspecified atom stereocenters. The van der Waals surface area contributed by atoms with E-state index in [0.717, 1.165) is 0 Å². The van der Waals surface area contributed by atoms with Crippen LogP contribution in [0.5, 0.6) is 5.75 Å². The molecule has 0 aliphatic heterocycles. The highest BCUT2D eigenvalue weighted by atomic mass is 16.5. The normalized spacial score (nSPS) is 11.9. The molecule has 3 rings (SSSR count). The largest absolute Gasteiger partial charge is 0.497 e. The van der Waals surface area contributed by atoms with Crippen molar-refractivity contribution in [1.29, 1.82) is 0 Å². The van der Waals surface area contributed by atoms with Gasteiger partial charge in [0, 0.05) is 13.2 Å². The van der Waals surface area contributed by atoms with E-state index >= 15 is 0 Å². The lowest BCUT2D eigenvalue weighted by Crippen LogP contribution is -2.32. The number of hydrogen-bond acceptors (Lipinski definition) is 7. The maximum atomic E-state index is 13.0. The fourth-order valence-corrected chi connectivity index (χ4v) is 3.17. The van der Waals surface area contributed by atoms with Crippen LogP contribution >= 0.6 is 0 Å². The van der Waals surface area contributed by atoms with E-state index in [1.165, 1.54) is 23.9 Å². The summed E-state index contributed by atoms with van der Waals surface area (Å²) in [5.74, 6) is -0.373. The Kier molecular flexibility index (Phi) is 6.72. The molecule has 168 valence electrons. The number of methoxy groups -OCH3 is 1. The number of amides is 1. The van der Waals surface area contributed by atoms with Crippen LogP contribution in [0.1, 0.15) is 42.2 Å². The lowest BCUT2D eigenvalue weighted by Gasteiger charge is -2.20. The molecule has 2 heterocycles. The number of hydrogen-bond donors (Lipinski definition) is 2. The van der Waals surface area contributed by atoms with Gasteiger partial charge in [-0.2, -0.15) is 0 Å². The number of carbonyl (C=O) groups excluding carboxylic acids is 2. The topological polar surface area (TPSA) is 132 Å². The molecule has 0 saturated carbocycles. The minimum atomic E-state index is -0.686. The van der Waals surface area contributed by atoms with Crippen molar-refractivity contribution in [2.24, 2.45) is 7.05 Å². The van der Waals surface area contributed by atoms with Gasteiger partial charge in [0.25, 0.3) is 11.5 Å². The quantitative estimate of drug-likeness (QED) is 0.531. The number of H-pyrrole nitrogens is 1. The highest BCUT2D eigenvalue weighted by molar-refractivity contribution is 5.97. The molecule has 0 spiro atoms. The van der Waals surface area contributed by atoms with Crippen LogP contribution in [0.4, 0.5) is 0 Å². The van der Waals surface area contributed by atoms with Crippen LogP contribution in [0, 0.1) is 0 Å². The number of rotatable bonds is 7. The molecule has 1 aromatic carbocycles.